The predicted molar refractivity (Wildman–Crippen MR) is 109 cm³/mol. The molecule has 0 radical (unpaired) electrons. The van der Waals surface area contributed by atoms with E-state index < -0.39 is 16.9 Å². The summed E-state index contributed by atoms with van der Waals surface area (Å²) in [4.78, 5) is 37.7. The van der Waals surface area contributed by atoms with Crippen molar-refractivity contribution in [2.75, 3.05) is 4.90 Å². The van der Waals surface area contributed by atoms with Crippen molar-refractivity contribution in [2.45, 2.75) is 19.9 Å². The first-order chi connectivity index (χ1) is 14.3. The lowest BCUT2D eigenvalue weighted by Crippen LogP contribution is -2.37. The molecule has 1 amide bonds. The molecule has 1 aliphatic heterocycles. The zero-order valence-corrected chi connectivity index (χ0v) is 16.2. The van der Waals surface area contributed by atoms with Gasteiger partial charge in [0.2, 0.25) is 5.91 Å². The quantitative estimate of drug-likeness (QED) is 0.472. The second-order valence-electron chi connectivity index (χ2n) is 6.99. The van der Waals surface area contributed by atoms with Crippen LogP contribution in [0.5, 0.6) is 0 Å². The van der Waals surface area contributed by atoms with Crippen LogP contribution in [-0.2, 0) is 0 Å². The van der Waals surface area contributed by atoms with E-state index >= 15 is 0 Å². The number of amides is 1. The van der Waals surface area contributed by atoms with Crippen molar-refractivity contribution in [3.05, 3.63) is 81.5 Å². The molecule has 0 N–H and O–H groups in total. The fraction of sp³-hybridized carbons (Fsp3) is 0.136. The average Bonchev–Trinajstić information content (AvgIpc) is 3.10. The lowest BCUT2D eigenvalue weighted by Gasteiger charge is -2.34. The van der Waals surface area contributed by atoms with Gasteiger partial charge in [0.15, 0.2) is 6.04 Å². The van der Waals surface area contributed by atoms with Crippen molar-refractivity contribution in [1.82, 2.24) is 4.57 Å². The third kappa shape index (κ3) is 2.76. The van der Waals surface area contributed by atoms with Crippen molar-refractivity contribution in [2.24, 2.45) is 0 Å². The molecule has 0 saturated carbocycles. The van der Waals surface area contributed by atoms with E-state index in [2.05, 4.69) is 6.07 Å². The first-order valence-corrected chi connectivity index (χ1v) is 9.15. The van der Waals surface area contributed by atoms with Gasteiger partial charge in [0.25, 0.3) is 11.6 Å². The first-order valence-electron chi connectivity index (χ1n) is 9.15. The summed E-state index contributed by atoms with van der Waals surface area (Å²) in [5.74, 6) is -0.715. The molecule has 3 aromatic rings. The maximum Gasteiger partial charge on any atom is 0.271 e. The van der Waals surface area contributed by atoms with Crippen LogP contribution in [0.1, 0.15) is 39.2 Å². The van der Waals surface area contributed by atoms with Crippen molar-refractivity contribution >= 4 is 23.2 Å². The summed E-state index contributed by atoms with van der Waals surface area (Å²) in [5.41, 5.74) is 2.54. The van der Waals surface area contributed by atoms with Crippen molar-refractivity contribution in [3.8, 4) is 17.3 Å². The standard InChI is InChI=1S/C22H16N4O4/c1-13-12-24(14(2)27)21-17-9-8-16(26(29)30)10-18(17)25(19(11-23)20(13)21)22(28)15-6-4-3-5-7-15/h3-10,12,19H,1-2H3. The van der Waals surface area contributed by atoms with E-state index in [-0.39, 0.29) is 17.3 Å². The molecule has 148 valence electrons. The van der Waals surface area contributed by atoms with Gasteiger partial charge in [-0.15, -0.1) is 0 Å². The smallest absolute Gasteiger partial charge is 0.271 e. The van der Waals surface area contributed by atoms with Crippen molar-refractivity contribution in [1.29, 1.82) is 5.26 Å². The SMILES string of the molecule is CC(=O)n1cc(C)c2c1-c1ccc([N+](=O)[O-])cc1N(C(=O)c1ccccc1)C2C#N. The third-order valence-electron chi connectivity index (χ3n) is 5.18. The van der Waals surface area contributed by atoms with E-state index in [0.717, 1.165) is 0 Å². The van der Waals surface area contributed by atoms with Crippen LogP contribution in [-0.4, -0.2) is 21.3 Å². The van der Waals surface area contributed by atoms with Crippen molar-refractivity contribution in [3.63, 3.8) is 0 Å². The highest BCUT2D eigenvalue weighted by Crippen LogP contribution is 2.48. The highest BCUT2D eigenvalue weighted by atomic mass is 16.6. The van der Waals surface area contributed by atoms with Crippen LogP contribution < -0.4 is 4.90 Å². The number of nitriles is 1. The topological polar surface area (TPSA) is 109 Å². The van der Waals surface area contributed by atoms with Crippen LogP contribution >= 0.6 is 0 Å². The van der Waals surface area contributed by atoms with E-state index in [1.165, 1.54) is 34.6 Å². The minimum atomic E-state index is -1.04. The Bertz CT molecular complexity index is 1250. The van der Waals surface area contributed by atoms with Gasteiger partial charge in [-0.3, -0.25) is 29.2 Å². The fourth-order valence-corrected chi connectivity index (χ4v) is 3.88. The highest BCUT2D eigenvalue weighted by Gasteiger charge is 2.40. The number of aryl methyl sites for hydroxylation is 1. The van der Waals surface area contributed by atoms with E-state index in [9.17, 15) is 25.0 Å². The van der Waals surface area contributed by atoms with Gasteiger partial charge in [-0.25, -0.2) is 0 Å². The average molecular weight is 400 g/mol. The van der Waals surface area contributed by atoms with E-state index in [4.69, 9.17) is 0 Å². The van der Waals surface area contributed by atoms with Gasteiger partial charge in [0, 0.05) is 41.9 Å². The van der Waals surface area contributed by atoms with Crippen LogP contribution in [0.25, 0.3) is 11.3 Å². The number of anilines is 1. The maximum absolute atomic E-state index is 13.4. The number of nitro groups is 1. The Morgan fingerprint density at radius 2 is 1.87 bits per heavy atom. The van der Waals surface area contributed by atoms with Gasteiger partial charge in [-0.05, 0) is 30.7 Å². The third-order valence-corrected chi connectivity index (χ3v) is 5.18. The summed E-state index contributed by atoms with van der Waals surface area (Å²) in [7, 11) is 0. The lowest BCUT2D eigenvalue weighted by atomic mass is 9.90. The molecule has 0 bridgehead atoms. The number of nitrogens with zero attached hydrogens (tertiary/aromatic N) is 4. The second kappa shape index (κ2) is 6.97. The van der Waals surface area contributed by atoms with Gasteiger partial charge in [-0.1, -0.05) is 18.2 Å². The molecule has 8 nitrogen and oxygen atoms in total. The molecule has 1 aromatic heterocycles. The number of carbonyl (C=O) groups excluding carboxylic acids is 2. The second-order valence-corrected chi connectivity index (χ2v) is 6.99. The van der Waals surface area contributed by atoms with Crippen LogP contribution in [0.4, 0.5) is 11.4 Å². The molecule has 0 spiro atoms. The largest absolute Gasteiger partial charge is 0.287 e. The molecular weight excluding hydrogens is 384 g/mol. The predicted octanol–water partition coefficient (Wildman–Crippen LogP) is 4.26. The molecule has 30 heavy (non-hydrogen) atoms. The van der Waals surface area contributed by atoms with Crippen LogP contribution in [0.15, 0.2) is 54.7 Å². The number of aromatic nitrogens is 1. The highest BCUT2D eigenvalue weighted by molar-refractivity contribution is 6.11. The zero-order chi connectivity index (χ0) is 21.6. The summed E-state index contributed by atoms with van der Waals surface area (Å²) in [6.45, 7) is 3.16. The van der Waals surface area contributed by atoms with Gasteiger partial charge in [0.05, 0.1) is 22.4 Å². The summed E-state index contributed by atoms with van der Waals surface area (Å²) >= 11 is 0. The minimum absolute atomic E-state index is 0.211. The molecule has 4 rings (SSSR count). The van der Waals surface area contributed by atoms with Gasteiger partial charge in [0.1, 0.15) is 0 Å². The first kappa shape index (κ1) is 19.1. The number of non-ortho nitro benzene ring substituents is 1. The summed E-state index contributed by atoms with van der Waals surface area (Å²) < 4.78 is 1.42. The Balaban J connectivity index is 2.05. The normalized spacial score (nSPS) is 14.4. The molecule has 1 unspecified atom stereocenters. The number of carbonyl (C=O) groups is 2. The number of rotatable bonds is 2. The Morgan fingerprint density at radius 3 is 2.47 bits per heavy atom. The summed E-state index contributed by atoms with van der Waals surface area (Å²) in [5, 5.41) is 21.4. The monoisotopic (exact) mass is 400 g/mol. The summed E-state index contributed by atoms with van der Waals surface area (Å²) in [6.07, 6.45) is 1.62. The molecule has 1 atom stereocenters. The van der Waals surface area contributed by atoms with Gasteiger partial charge >= 0.3 is 0 Å². The molecule has 2 heterocycles. The molecule has 8 heteroatoms. The number of hydrogen-bond donors (Lipinski definition) is 0. The van der Waals surface area contributed by atoms with Gasteiger partial charge in [-0.2, -0.15) is 5.26 Å². The van der Waals surface area contributed by atoms with Crippen LogP contribution in [0, 0.1) is 28.4 Å². The van der Waals surface area contributed by atoms with Crippen molar-refractivity contribution < 1.29 is 14.5 Å². The number of benzene rings is 2. The lowest BCUT2D eigenvalue weighted by molar-refractivity contribution is -0.384. The molecular formula is C22H16N4O4. The molecule has 1 aliphatic rings. The Morgan fingerprint density at radius 1 is 1.17 bits per heavy atom. The van der Waals surface area contributed by atoms with E-state index in [1.54, 1.807) is 43.5 Å². The number of hydrogen-bond acceptors (Lipinski definition) is 5. The Hall–Kier alpha value is -4.25. The summed E-state index contributed by atoms with van der Waals surface area (Å²) in [6, 6.07) is 13.7. The molecule has 2 aromatic carbocycles. The molecule has 0 aliphatic carbocycles. The maximum atomic E-state index is 13.4. The molecule has 0 fully saturated rings. The van der Waals surface area contributed by atoms with Crippen LogP contribution in [0.2, 0.25) is 0 Å². The Kier molecular flexibility index (Phi) is 4.43. The number of fused-ring (bicyclic) bond motifs is 3. The van der Waals surface area contributed by atoms with Gasteiger partial charge < -0.3 is 0 Å². The van der Waals surface area contributed by atoms with E-state index in [0.29, 0.717) is 27.9 Å². The van der Waals surface area contributed by atoms with E-state index in [1.807, 2.05) is 0 Å². The van der Waals surface area contributed by atoms with Crippen LogP contribution in [0.3, 0.4) is 0 Å². The fourth-order valence-electron chi connectivity index (χ4n) is 3.88. The number of nitro benzene ring substituents is 1. The molecule has 0 saturated heterocycles. The minimum Gasteiger partial charge on any atom is -0.287 e. The Labute approximate surface area is 171 Å². The zero-order valence-electron chi connectivity index (χ0n) is 16.2.